The van der Waals surface area contributed by atoms with Crippen molar-refractivity contribution in [2.24, 2.45) is 0 Å². The third-order valence-electron chi connectivity index (χ3n) is 2.14. The standard InChI is InChI=1S/C12H9FO2/c13-11-6-5-8(14)7-10(11)9-3-1-2-4-12(9)15/h1-7,14-15H. The second-order valence-corrected chi connectivity index (χ2v) is 3.18. The van der Waals surface area contributed by atoms with Crippen LogP contribution in [0.15, 0.2) is 42.5 Å². The molecule has 0 spiro atoms. The van der Waals surface area contributed by atoms with Gasteiger partial charge >= 0.3 is 0 Å². The molecule has 0 aliphatic carbocycles. The van der Waals surface area contributed by atoms with Crippen molar-refractivity contribution in [3.8, 4) is 22.6 Å². The molecule has 2 nitrogen and oxygen atoms in total. The number of aromatic hydroxyl groups is 2. The summed E-state index contributed by atoms with van der Waals surface area (Å²) in [5, 5.41) is 18.8. The van der Waals surface area contributed by atoms with Crippen LogP contribution in [0.4, 0.5) is 4.39 Å². The van der Waals surface area contributed by atoms with E-state index in [1.165, 1.54) is 18.2 Å². The molecule has 0 aliphatic heterocycles. The molecule has 76 valence electrons. The van der Waals surface area contributed by atoms with Crippen molar-refractivity contribution in [1.82, 2.24) is 0 Å². The van der Waals surface area contributed by atoms with E-state index in [2.05, 4.69) is 0 Å². The Morgan fingerprint density at radius 1 is 0.867 bits per heavy atom. The first-order valence-corrected chi connectivity index (χ1v) is 4.45. The van der Waals surface area contributed by atoms with Gasteiger partial charge in [0.1, 0.15) is 17.3 Å². The normalized spacial score (nSPS) is 10.2. The van der Waals surface area contributed by atoms with E-state index in [-0.39, 0.29) is 17.1 Å². The zero-order valence-electron chi connectivity index (χ0n) is 7.81. The molecule has 0 radical (unpaired) electrons. The van der Waals surface area contributed by atoms with Gasteiger partial charge < -0.3 is 10.2 Å². The molecule has 2 aromatic rings. The van der Waals surface area contributed by atoms with Gasteiger partial charge in [0.25, 0.3) is 0 Å². The Morgan fingerprint density at radius 2 is 1.60 bits per heavy atom. The van der Waals surface area contributed by atoms with Crippen molar-refractivity contribution in [2.75, 3.05) is 0 Å². The van der Waals surface area contributed by atoms with Gasteiger partial charge in [-0.1, -0.05) is 18.2 Å². The van der Waals surface area contributed by atoms with E-state index < -0.39 is 5.82 Å². The predicted octanol–water partition coefficient (Wildman–Crippen LogP) is 2.90. The topological polar surface area (TPSA) is 40.5 Å². The van der Waals surface area contributed by atoms with Crippen molar-refractivity contribution < 1.29 is 14.6 Å². The fraction of sp³-hybridized carbons (Fsp3) is 0. The highest BCUT2D eigenvalue weighted by Crippen LogP contribution is 2.32. The summed E-state index contributed by atoms with van der Waals surface area (Å²) in [7, 11) is 0. The molecular formula is C12H9FO2. The van der Waals surface area contributed by atoms with E-state index in [4.69, 9.17) is 0 Å². The van der Waals surface area contributed by atoms with Crippen LogP contribution in [0.3, 0.4) is 0 Å². The second kappa shape index (κ2) is 3.61. The van der Waals surface area contributed by atoms with Gasteiger partial charge in [-0.3, -0.25) is 0 Å². The van der Waals surface area contributed by atoms with Crippen molar-refractivity contribution in [3.05, 3.63) is 48.3 Å². The van der Waals surface area contributed by atoms with Gasteiger partial charge in [-0.2, -0.15) is 0 Å². The highest BCUT2D eigenvalue weighted by Gasteiger charge is 2.09. The molecule has 0 amide bonds. The summed E-state index contributed by atoms with van der Waals surface area (Å²) in [5.41, 5.74) is 0.555. The Balaban J connectivity index is 2.64. The zero-order valence-corrected chi connectivity index (χ0v) is 7.81. The predicted molar refractivity (Wildman–Crippen MR) is 55.2 cm³/mol. The van der Waals surface area contributed by atoms with Crippen LogP contribution in [0, 0.1) is 5.82 Å². The van der Waals surface area contributed by atoms with E-state index in [0.717, 1.165) is 6.07 Å². The van der Waals surface area contributed by atoms with Crippen LogP contribution >= 0.6 is 0 Å². The summed E-state index contributed by atoms with van der Waals surface area (Å²) >= 11 is 0. The number of para-hydroxylation sites is 1. The van der Waals surface area contributed by atoms with E-state index in [0.29, 0.717) is 5.56 Å². The maximum absolute atomic E-state index is 13.4. The Bertz CT molecular complexity index is 495. The zero-order chi connectivity index (χ0) is 10.8. The van der Waals surface area contributed by atoms with Crippen molar-refractivity contribution >= 4 is 0 Å². The highest BCUT2D eigenvalue weighted by molar-refractivity contribution is 5.71. The van der Waals surface area contributed by atoms with E-state index in [9.17, 15) is 14.6 Å². The summed E-state index contributed by atoms with van der Waals surface area (Å²) in [6, 6.07) is 10.1. The minimum absolute atomic E-state index is 0.0120. The molecule has 0 aliphatic rings. The lowest BCUT2D eigenvalue weighted by molar-refractivity contribution is 0.471. The molecule has 0 aromatic heterocycles. The molecule has 0 unspecified atom stereocenters. The Labute approximate surface area is 86.2 Å². The molecule has 3 heteroatoms. The number of hydrogen-bond donors (Lipinski definition) is 2. The SMILES string of the molecule is Oc1ccc(F)c(-c2ccccc2O)c1. The summed E-state index contributed by atoms with van der Waals surface area (Å²) in [6.07, 6.45) is 0. The van der Waals surface area contributed by atoms with Crippen LogP contribution in [0.5, 0.6) is 11.5 Å². The molecule has 0 fully saturated rings. The third kappa shape index (κ3) is 1.76. The van der Waals surface area contributed by atoms with Gasteiger partial charge in [0.05, 0.1) is 0 Å². The summed E-state index contributed by atoms with van der Waals surface area (Å²) < 4.78 is 13.4. The number of benzene rings is 2. The van der Waals surface area contributed by atoms with Gasteiger partial charge in [-0.05, 0) is 24.3 Å². The molecule has 0 saturated carbocycles. The van der Waals surface area contributed by atoms with E-state index in [1.54, 1.807) is 18.2 Å². The number of halogens is 1. The average Bonchev–Trinajstić information content (AvgIpc) is 2.23. The lowest BCUT2D eigenvalue weighted by Gasteiger charge is -2.05. The van der Waals surface area contributed by atoms with Crippen LogP contribution in [-0.2, 0) is 0 Å². The Morgan fingerprint density at radius 3 is 2.33 bits per heavy atom. The summed E-state index contributed by atoms with van der Waals surface area (Å²) in [4.78, 5) is 0. The first-order valence-electron chi connectivity index (χ1n) is 4.45. The van der Waals surface area contributed by atoms with Crippen LogP contribution in [-0.4, -0.2) is 10.2 Å². The highest BCUT2D eigenvalue weighted by atomic mass is 19.1. The van der Waals surface area contributed by atoms with E-state index in [1.807, 2.05) is 0 Å². The molecule has 0 bridgehead atoms. The quantitative estimate of drug-likeness (QED) is 0.749. The maximum atomic E-state index is 13.4. The van der Waals surface area contributed by atoms with Crippen LogP contribution in [0.2, 0.25) is 0 Å². The lowest BCUT2D eigenvalue weighted by atomic mass is 10.0. The van der Waals surface area contributed by atoms with Crippen LogP contribution in [0.25, 0.3) is 11.1 Å². The molecule has 15 heavy (non-hydrogen) atoms. The number of phenols is 2. The van der Waals surface area contributed by atoms with Gasteiger partial charge in [0, 0.05) is 11.1 Å². The smallest absolute Gasteiger partial charge is 0.131 e. The van der Waals surface area contributed by atoms with Gasteiger partial charge in [0.15, 0.2) is 0 Å². The second-order valence-electron chi connectivity index (χ2n) is 3.18. The first-order chi connectivity index (χ1) is 7.18. The van der Waals surface area contributed by atoms with Crippen molar-refractivity contribution in [1.29, 1.82) is 0 Å². The Hall–Kier alpha value is -2.03. The number of phenolic OH excluding ortho intramolecular Hbond substituents is 2. The fourth-order valence-electron chi connectivity index (χ4n) is 1.42. The molecule has 2 N–H and O–H groups in total. The molecule has 0 heterocycles. The lowest BCUT2D eigenvalue weighted by Crippen LogP contribution is -1.84. The summed E-state index contributed by atoms with van der Waals surface area (Å²) in [5.74, 6) is -0.522. The molecular weight excluding hydrogens is 195 g/mol. The van der Waals surface area contributed by atoms with Crippen LogP contribution in [0.1, 0.15) is 0 Å². The van der Waals surface area contributed by atoms with Crippen molar-refractivity contribution in [2.45, 2.75) is 0 Å². The molecule has 2 rings (SSSR count). The number of hydrogen-bond acceptors (Lipinski definition) is 2. The fourth-order valence-corrected chi connectivity index (χ4v) is 1.42. The minimum atomic E-state index is -0.478. The van der Waals surface area contributed by atoms with Gasteiger partial charge in [-0.25, -0.2) is 4.39 Å². The molecule has 2 aromatic carbocycles. The molecule has 0 atom stereocenters. The third-order valence-corrected chi connectivity index (χ3v) is 2.14. The minimum Gasteiger partial charge on any atom is -0.508 e. The van der Waals surface area contributed by atoms with Gasteiger partial charge in [-0.15, -0.1) is 0 Å². The first kappa shape index (κ1) is 9.52. The number of rotatable bonds is 1. The Kier molecular flexibility index (Phi) is 2.29. The average molecular weight is 204 g/mol. The van der Waals surface area contributed by atoms with Crippen LogP contribution < -0.4 is 0 Å². The molecule has 0 saturated heterocycles. The largest absolute Gasteiger partial charge is 0.508 e. The monoisotopic (exact) mass is 204 g/mol. The summed E-state index contributed by atoms with van der Waals surface area (Å²) in [6.45, 7) is 0. The maximum Gasteiger partial charge on any atom is 0.131 e. The van der Waals surface area contributed by atoms with Gasteiger partial charge in [0.2, 0.25) is 0 Å². The van der Waals surface area contributed by atoms with Crippen molar-refractivity contribution in [3.63, 3.8) is 0 Å². The van der Waals surface area contributed by atoms with E-state index >= 15 is 0 Å².